The average molecular weight is 444 g/mol. The summed E-state index contributed by atoms with van der Waals surface area (Å²) in [5.74, 6) is 1.98. The lowest BCUT2D eigenvalue weighted by Gasteiger charge is -2.42. The van der Waals surface area contributed by atoms with Crippen LogP contribution in [0.3, 0.4) is 0 Å². The average Bonchev–Trinajstić information content (AvgIpc) is 2.85. The molecule has 2 aliphatic rings. The Hall–Kier alpha value is -2.23. The van der Waals surface area contributed by atoms with Gasteiger partial charge in [0.05, 0.1) is 7.11 Å². The van der Waals surface area contributed by atoms with Crippen LogP contribution < -0.4 is 4.74 Å². The van der Waals surface area contributed by atoms with Crippen molar-refractivity contribution in [2.75, 3.05) is 13.7 Å². The van der Waals surface area contributed by atoms with Crippen LogP contribution >= 0.6 is 11.8 Å². The molecular formula is C29H33NOS. The van der Waals surface area contributed by atoms with Gasteiger partial charge in [-0.25, -0.2) is 0 Å². The van der Waals surface area contributed by atoms with Crippen molar-refractivity contribution in [1.82, 2.24) is 4.90 Å². The van der Waals surface area contributed by atoms with Gasteiger partial charge in [-0.2, -0.15) is 0 Å². The molecule has 0 spiro atoms. The number of methoxy groups -OCH3 is 1. The Bertz CT molecular complexity index is 1110. The number of hydrogen-bond donors (Lipinski definition) is 0. The van der Waals surface area contributed by atoms with Gasteiger partial charge < -0.3 is 4.74 Å². The van der Waals surface area contributed by atoms with Gasteiger partial charge >= 0.3 is 0 Å². The second kappa shape index (κ2) is 9.33. The van der Waals surface area contributed by atoms with Crippen LogP contribution in [0, 0.1) is 0 Å². The van der Waals surface area contributed by atoms with Crippen molar-refractivity contribution in [1.29, 1.82) is 0 Å². The molecule has 0 amide bonds. The Morgan fingerprint density at radius 1 is 0.969 bits per heavy atom. The smallest absolute Gasteiger partial charge is 0.123 e. The highest BCUT2D eigenvalue weighted by atomic mass is 32.2. The summed E-state index contributed by atoms with van der Waals surface area (Å²) >= 11 is 1.90. The summed E-state index contributed by atoms with van der Waals surface area (Å²) in [5.41, 5.74) is 10.6. The van der Waals surface area contributed by atoms with Gasteiger partial charge in [-0.15, -0.1) is 11.8 Å². The number of hydrogen-bond acceptors (Lipinski definition) is 3. The van der Waals surface area contributed by atoms with Crippen molar-refractivity contribution < 1.29 is 4.74 Å². The highest BCUT2D eigenvalue weighted by molar-refractivity contribution is 7.98. The van der Waals surface area contributed by atoms with E-state index in [9.17, 15) is 0 Å². The third-order valence-electron chi connectivity index (χ3n) is 7.30. The van der Waals surface area contributed by atoms with Crippen molar-refractivity contribution in [3.05, 3.63) is 93.5 Å². The summed E-state index contributed by atoms with van der Waals surface area (Å²) in [7, 11) is 1.80. The molecule has 2 heterocycles. The van der Waals surface area contributed by atoms with Crippen molar-refractivity contribution in [3.63, 3.8) is 0 Å². The number of ether oxygens (including phenoxy) is 1. The molecule has 0 aromatic heterocycles. The van der Waals surface area contributed by atoms with Gasteiger partial charge in [0.1, 0.15) is 5.75 Å². The molecule has 0 radical (unpaired) electrons. The molecule has 32 heavy (non-hydrogen) atoms. The van der Waals surface area contributed by atoms with E-state index in [0.717, 1.165) is 50.3 Å². The molecule has 0 aliphatic carbocycles. The Morgan fingerprint density at radius 3 is 2.50 bits per heavy atom. The number of thioether (sulfide) groups is 1. The lowest BCUT2D eigenvalue weighted by Crippen LogP contribution is -2.40. The zero-order valence-corrected chi connectivity index (χ0v) is 20.3. The fourth-order valence-electron chi connectivity index (χ4n) is 5.53. The van der Waals surface area contributed by atoms with Crippen molar-refractivity contribution in [2.45, 2.75) is 62.8 Å². The highest BCUT2D eigenvalue weighted by Crippen LogP contribution is 2.43. The monoisotopic (exact) mass is 443 g/mol. The van der Waals surface area contributed by atoms with Crippen molar-refractivity contribution in [3.8, 4) is 5.75 Å². The molecule has 2 nitrogen and oxygen atoms in total. The summed E-state index contributed by atoms with van der Waals surface area (Å²) in [4.78, 5) is 4.03. The van der Waals surface area contributed by atoms with Crippen LogP contribution in [0.5, 0.6) is 5.75 Å². The van der Waals surface area contributed by atoms with E-state index >= 15 is 0 Å². The topological polar surface area (TPSA) is 12.5 Å². The molecule has 166 valence electrons. The zero-order valence-electron chi connectivity index (χ0n) is 19.5. The van der Waals surface area contributed by atoms with Crippen LogP contribution in [0.4, 0.5) is 0 Å². The minimum Gasteiger partial charge on any atom is -0.496 e. The molecule has 0 bridgehead atoms. The van der Waals surface area contributed by atoms with Crippen molar-refractivity contribution in [2.24, 2.45) is 0 Å². The molecule has 0 N–H and O–H groups in total. The SMILES string of the molecule is CCc1cc2c(cc1CC)C1Cc3ccc(OC)c(CSc4ccccc4)c3CN1CC2. The molecule has 3 aromatic carbocycles. The number of nitrogens with zero attached hydrogens (tertiary/aromatic N) is 1. The Labute approximate surface area is 197 Å². The van der Waals surface area contributed by atoms with Crippen LogP contribution in [-0.2, 0) is 38.0 Å². The lowest BCUT2D eigenvalue weighted by atomic mass is 9.81. The maximum Gasteiger partial charge on any atom is 0.123 e. The summed E-state index contributed by atoms with van der Waals surface area (Å²) in [5, 5.41) is 0. The molecule has 3 aromatic rings. The van der Waals surface area contributed by atoms with Gasteiger partial charge in [-0.05, 0) is 77.3 Å². The standard InChI is InChI=1S/C29H33NOS/c1-4-20-15-23-13-14-30-18-26-22(17-28(30)25(23)16-21(20)5-2)11-12-29(31-3)27(26)19-32-24-9-7-6-8-10-24/h6-12,15-16,28H,4-5,13-14,17-19H2,1-3H3. The Kier molecular flexibility index (Phi) is 6.30. The predicted molar refractivity (Wildman–Crippen MR) is 135 cm³/mol. The number of benzene rings is 3. The van der Waals surface area contributed by atoms with E-state index in [1.54, 1.807) is 23.8 Å². The first-order chi connectivity index (χ1) is 15.7. The summed E-state index contributed by atoms with van der Waals surface area (Å²) in [6.07, 6.45) is 4.52. The normalized spacial score (nSPS) is 17.4. The molecule has 5 rings (SSSR count). The first kappa shape index (κ1) is 21.6. The maximum atomic E-state index is 5.82. The molecule has 0 fully saturated rings. The summed E-state index contributed by atoms with van der Waals surface area (Å²) < 4.78 is 5.82. The van der Waals surface area contributed by atoms with Gasteiger partial charge in [0.25, 0.3) is 0 Å². The summed E-state index contributed by atoms with van der Waals surface area (Å²) in [6.45, 7) is 6.75. The number of fused-ring (bicyclic) bond motifs is 4. The number of rotatable bonds is 6. The van der Waals surface area contributed by atoms with E-state index in [4.69, 9.17) is 4.74 Å². The van der Waals surface area contributed by atoms with E-state index in [2.05, 4.69) is 73.3 Å². The molecule has 0 saturated heterocycles. The van der Waals surface area contributed by atoms with Crippen molar-refractivity contribution >= 4 is 11.8 Å². The van der Waals surface area contributed by atoms with Crippen LogP contribution in [0.1, 0.15) is 58.8 Å². The maximum absolute atomic E-state index is 5.82. The molecule has 0 saturated carbocycles. The van der Waals surface area contributed by atoms with Gasteiger partial charge in [-0.1, -0.05) is 50.2 Å². The van der Waals surface area contributed by atoms with E-state index in [1.807, 2.05) is 11.8 Å². The molecule has 1 atom stereocenters. The van der Waals surface area contributed by atoms with E-state index < -0.39 is 0 Å². The largest absolute Gasteiger partial charge is 0.496 e. The fraction of sp³-hybridized carbons (Fsp3) is 0.379. The first-order valence-corrected chi connectivity index (χ1v) is 12.9. The Balaban J connectivity index is 1.48. The third kappa shape index (κ3) is 3.97. The van der Waals surface area contributed by atoms with Crippen LogP contribution in [0.15, 0.2) is 59.5 Å². The zero-order chi connectivity index (χ0) is 22.1. The fourth-order valence-corrected chi connectivity index (χ4v) is 6.51. The van der Waals surface area contributed by atoms with Gasteiger partial charge in [-0.3, -0.25) is 4.90 Å². The van der Waals surface area contributed by atoms with Crippen LogP contribution in [0.25, 0.3) is 0 Å². The Morgan fingerprint density at radius 2 is 1.75 bits per heavy atom. The summed E-state index contributed by atoms with van der Waals surface area (Å²) in [6, 6.07) is 20.8. The second-order valence-electron chi connectivity index (χ2n) is 8.95. The van der Waals surface area contributed by atoms with E-state index in [0.29, 0.717) is 6.04 Å². The third-order valence-corrected chi connectivity index (χ3v) is 8.34. The minimum absolute atomic E-state index is 0.505. The predicted octanol–water partition coefficient (Wildman–Crippen LogP) is 6.77. The van der Waals surface area contributed by atoms with E-state index in [-0.39, 0.29) is 0 Å². The molecule has 3 heteroatoms. The lowest BCUT2D eigenvalue weighted by molar-refractivity contribution is 0.160. The minimum atomic E-state index is 0.505. The highest BCUT2D eigenvalue weighted by Gasteiger charge is 2.34. The number of aryl methyl sites for hydroxylation is 2. The van der Waals surface area contributed by atoms with Crippen LogP contribution in [0.2, 0.25) is 0 Å². The second-order valence-corrected chi connectivity index (χ2v) is 10.0. The van der Waals surface area contributed by atoms with Gasteiger partial charge in [0, 0.05) is 35.3 Å². The molecule has 2 aliphatic heterocycles. The quantitative estimate of drug-likeness (QED) is 0.390. The van der Waals surface area contributed by atoms with Crippen LogP contribution in [-0.4, -0.2) is 18.6 Å². The molecule has 1 unspecified atom stereocenters. The molecular weight excluding hydrogens is 410 g/mol. The van der Waals surface area contributed by atoms with Gasteiger partial charge in [0.15, 0.2) is 0 Å². The van der Waals surface area contributed by atoms with E-state index in [1.165, 1.54) is 27.1 Å². The first-order valence-electron chi connectivity index (χ1n) is 12.0. The van der Waals surface area contributed by atoms with Gasteiger partial charge in [0.2, 0.25) is 0 Å².